The van der Waals surface area contributed by atoms with Gasteiger partial charge in [-0.05, 0) is 24.6 Å². The van der Waals surface area contributed by atoms with Crippen LogP contribution < -0.4 is 64.4 Å². The third-order valence-electron chi connectivity index (χ3n) is 4.84. The quantitative estimate of drug-likeness (QED) is 0.264. The van der Waals surface area contributed by atoms with E-state index < -0.39 is 11.9 Å². The number of hydrogen-bond acceptors (Lipinski definition) is 3. The summed E-state index contributed by atoms with van der Waals surface area (Å²) in [6, 6.07) is 4.36. The van der Waals surface area contributed by atoms with Crippen molar-refractivity contribution in [3.63, 3.8) is 0 Å². The molecule has 29 heavy (non-hydrogen) atoms. The minimum atomic E-state index is -1.22. The van der Waals surface area contributed by atoms with Crippen LogP contribution in [0.1, 0.15) is 108 Å². The van der Waals surface area contributed by atoms with Crippen LogP contribution in [0.15, 0.2) is 18.2 Å². The van der Waals surface area contributed by atoms with E-state index in [2.05, 4.69) is 12.2 Å². The minimum Gasteiger partial charge on any atom is -1.00 e. The van der Waals surface area contributed by atoms with Crippen molar-refractivity contribution >= 4 is 17.6 Å². The Balaban J connectivity index is -0.000000911. The van der Waals surface area contributed by atoms with Crippen LogP contribution in [0.2, 0.25) is 0 Å². The maximum Gasteiger partial charge on any atom is 1.00 e. The molecule has 5 nitrogen and oxygen atoms in total. The van der Waals surface area contributed by atoms with Gasteiger partial charge in [-0.1, -0.05) is 77.6 Å². The monoisotopic (exact) mass is 425 g/mol. The number of benzene rings is 1. The molecule has 1 aromatic rings. The van der Waals surface area contributed by atoms with Crippen LogP contribution in [-0.2, 0) is 0 Å². The molecule has 3 N–H and O–H groups in total. The van der Waals surface area contributed by atoms with Gasteiger partial charge in [0, 0.05) is 12.2 Å². The van der Waals surface area contributed by atoms with Gasteiger partial charge in [0.1, 0.15) is 0 Å². The van der Waals surface area contributed by atoms with Crippen LogP contribution in [0, 0.1) is 0 Å². The summed E-state index contributed by atoms with van der Waals surface area (Å²) in [6.07, 6.45) is 15.6. The summed E-state index contributed by atoms with van der Waals surface area (Å²) in [5.41, 5.74) is 0.293. The van der Waals surface area contributed by atoms with E-state index in [0.717, 1.165) is 19.4 Å². The summed E-state index contributed by atoms with van der Waals surface area (Å²) < 4.78 is 0. The molecule has 0 spiro atoms. The Kier molecular flexibility index (Phi) is 21.4. The van der Waals surface area contributed by atoms with Gasteiger partial charge >= 0.3 is 71.1 Å². The Morgan fingerprint density at radius 2 is 1.21 bits per heavy atom. The number of aromatic carboxylic acids is 2. The van der Waals surface area contributed by atoms with E-state index in [-0.39, 0.29) is 73.1 Å². The molecule has 0 aliphatic rings. The Labute approximate surface area is 223 Å². The van der Waals surface area contributed by atoms with Gasteiger partial charge in [-0.25, -0.2) is 9.59 Å². The number of nitrogens with one attached hydrogen (secondary N) is 1. The normalized spacial score (nSPS) is 9.97. The fraction of sp³-hybridized carbons (Fsp3) is 0.636. The Hall–Kier alpha value is -0.0400. The average molecular weight is 426 g/mol. The fourth-order valence-corrected chi connectivity index (χ4v) is 3.22. The number of rotatable bonds is 16. The summed E-state index contributed by atoms with van der Waals surface area (Å²) in [7, 11) is 0. The Morgan fingerprint density at radius 3 is 1.66 bits per heavy atom. The third kappa shape index (κ3) is 14.6. The SMILES string of the molecule is CCCCCCCCCCCCCCNc1ccc(C(=O)O)c(C(=O)O)c1.[H-].[H-].[Na+].[Na+]. The summed E-state index contributed by atoms with van der Waals surface area (Å²) in [6.45, 7) is 3.01. The molecule has 1 aromatic carbocycles. The zero-order valence-corrected chi connectivity index (χ0v) is 22.6. The van der Waals surface area contributed by atoms with Gasteiger partial charge in [-0.3, -0.25) is 0 Å². The van der Waals surface area contributed by atoms with Crippen LogP contribution in [0.25, 0.3) is 0 Å². The second-order valence-electron chi connectivity index (χ2n) is 7.19. The first kappa shape index (κ1) is 31.1. The molecular formula is C22H37NNa2O4. The first-order chi connectivity index (χ1) is 13.1. The molecule has 7 heteroatoms. The van der Waals surface area contributed by atoms with Crippen molar-refractivity contribution in [2.45, 2.75) is 84.0 Å². The fourth-order valence-electron chi connectivity index (χ4n) is 3.22. The summed E-state index contributed by atoms with van der Waals surface area (Å²) >= 11 is 0. The second-order valence-corrected chi connectivity index (χ2v) is 7.19. The van der Waals surface area contributed by atoms with Crippen molar-refractivity contribution in [3.05, 3.63) is 29.3 Å². The Bertz CT molecular complexity index is 593. The number of anilines is 1. The zero-order valence-electron chi connectivity index (χ0n) is 20.6. The number of carboxylic acids is 2. The van der Waals surface area contributed by atoms with Gasteiger partial charge < -0.3 is 18.4 Å². The third-order valence-corrected chi connectivity index (χ3v) is 4.84. The van der Waals surface area contributed by atoms with E-state index in [1.54, 1.807) is 6.07 Å². The van der Waals surface area contributed by atoms with Crippen molar-refractivity contribution in [2.24, 2.45) is 0 Å². The van der Waals surface area contributed by atoms with Crippen molar-refractivity contribution in [1.82, 2.24) is 0 Å². The van der Waals surface area contributed by atoms with E-state index in [4.69, 9.17) is 10.2 Å². The molecular weight excluding hydrogens is 388 g/mol. The first-order valence-electron chi connectivity index (χ1n) is 10.4. The largest absolute Gasteiger partial charge is 1.00 e. The van der Waals surface area contributed by atoms with Crippen LogP contribution in [0.5, 0.6) is 0 Å². The number of carboxylic acid groups (broad SMARTS) is 2. The van der Waals surface area contributed by atoms with Crippen LogP contribution >= 0.6 is 0 Å². The summed E-state index contributed by atoms with van der Waals surface area (Å²) in [5.74, 6) is -2.44. The van der Waals surface area contributed by atoms with Crippen molar-refractivity contribution in [1.29, 1.82) is 0 Å². The maximum absolute atomic E-state index is 11.2. The van der Waals surface area contributed by atoms with Crippen LogP contribution in [0.3, 0.4) is 0 Å². The molecule has 0 saturated carbocycles. The van der Waals surface area contributed by atoms with Gasteiger partial charge in [0.2, 0.25) is 0 Å². The molecule has 0 radical (unpaired) electrons. The molecule has 0 atom stereocenters. The molecule has 156 valence electrons. The smallest absolute Gasteiger partial charge is 1.00 e. The van der Waals surface area contributed by atoms with E-state index in [0.29, 0.717) is 5.69 Å². The van der Waals surface area contributed by atoms with Crippen LogP contribution in [0.4, 0.5) is 5.69 Å². The second kappa shape index (κ2) is 19.9. The van der Waals surface area contributed by atoms with Gasteiger partial charge in [0.25, 0.3) is 0 Å². The molecule has 0 saturated heterocycles. The van der Waals surface area contributed by atoms with E-state index in [9.17, 15) is 9.59 Å². The molecule has 1 rings (SSSR count). The first-order valence-corrected chi connectivity index (χ1v) is 10.4. The predicted molar refractivity (Wildman–Crippen MR) is 112 cm³/mol. The van der Waals surface area contributed by atoms with Gasteiger partial charge in [-0.2, -0.15) is 0 Å². The van der Waals surface area contributed by atoms with Gasteiger partial charge in [0.05, 0.1) is 11.1 Å². The summed E-state index contributed by atoms with van der Waals surface area (Å²) in [4.78, 5) is 22.2. The molecule has 0 aromatic heterocycles. The van der Waals surface area contributed by atoms with Crippen molar-refractivity contribution < 1.29 is 81.8 Å². The Morgan fingerprint density at radius 1 is 0.759 bits per heavy atom. The topological polar surface area (TPSA) is 86.6 Å². The molecule has 0 aliphatic carbocycles. The maximum atomic E-state index is 11.2. The molecule has 0 fully saturated rings. The molecule has 0 heterocycles. The van der Waals surface area contributed by atoms with Gasteiger partial charge in [0.15, 0.2) is 0 Å². The standard InChI is InChI=1S/C22H35NO4.2Na.2H/c1-2-3-4-5-6-7-8-9-10-11-12-13-16-23-18-14-15-19(21(24)25)20(17-18)22(26)27;;;;/h14-15,17,23H,2-13,16H2,1H3,(H,24,25)(H,26,27);;;;/q;2*+1;2*-1. The number of carbonyl (C=O) groups is 2. The molecule has 0 bridgehead atoms. The number of hydrogen-bond donors (Lipinski definition) is 3. The number of unbranched alkanes of at least 4 members (excludes halogenated alkanes) is 11. The van der Waals surface area contributed by atoms with Crippen molar-refractivity contribution in [2.75, 3.05) is 11.9 Å². The van der Waals surface area contributed by atoms with E-state index in [1.165, 1.54) is 76.3 Å². The molecule has 0 aliphatic heterocycles. The predicted octanol–water partition coefficient (Wildman–Crippen LogP) is 0.429. The van der Waals surface area contributed by atoms with E-state index in [1.807, 2.05) is 0 Å². The molecule has 0 amide bonds. The average Bonchev–Trinajstić information content (AvgIpc) is 2.65. The van der Waals surface area contributed by atoms with E-state index >= 15 is 0 Å². The zero-order chi connectivity index (χ0) is 19.9. The van der Waals surface area contributed by atoms with Crippen LogP contribution in [-0.4, -0.2) is 28.7 Å². The minimum absolute atomic E-state index is 0. The summed E-state index contributed by atoms with van der Waals surface area (Å²) in [5, 5.41) is 21.3. The molecule has 0 unspecified atom stereocenters. The van der Waals surface area contributed by atoms with Crippen molar-refractivity contribution in [3.8, 4) is 0 Å². The van der Waals surface area contributed by atoms with Gasteiger partial charge in [-0.15, -0.1) is 0 Å².